The predicted octanol–water partition coefficient (Wildman–Crippen LogP) is 4.29. The van der Waals surface area contributed by atoms with Crippen LogP contribution in [0.2, 0.25) is 0 Å². The summed E-state index contributed by atoms with van der Waals surface area (Å²) in [5, 5.41) is 0.934. The summed E-state index contributed by atoms with van der Waals surface area (Å²) >= 11 is 2.61. The zero-order valence-electron chi connectivity index (χ0n) is 16.2. The average molecular weight is 458 g/mol. The first-order valence-corrected chi connectivity index (χ1v) is 12.3. The Hall–Kier alpha value is -2.49. The largest absolute Gasteiger partial charge is 0.334 e. The molecule has 4 rings (SSSR count). The van der Waals surface area contributed by atoms with Gasteiger partial charge in [-0.25, -0.2) is 0 Å². The van der Waals surface area contributed by atoms with Gasteiger partial charge in [-0.15, -0.1) is 11.0 Å². The predicted molar refractivity (Wildman–Crippen MR) is 123 cm³/mol. The second-order valence-corrected chi connectivity index (χ2v) is 10.0. The van der Waals surface area contributed by atoms with Crippen LogP contribution in [-0.2, 0) is 14.8 Å². The molecule has 2 aromatic rings. The molecule has 0 spiro atoms. The number of carbonyl (C=O) groups is 1. The number of hydrogen-bond donors (Lipinski definition) is 0. The third-order valence-electron chi connectivity index (χ3n) is 4.53. The van der Waals surface area contributed by atoms with E-state index >= 15 is 0 Å². The standard InChI is InChI=1S/C21H19N3O3S3/c1-3-14-24-19(25)18(20-23(4-2)16-12-8-9-13-17(16)28-20)29-21(24)22-30(26,27)15-10-6-5-7-11-15/h3,5-13H,1,4,14H2,2H3/b20-18+,22-21+. The fraction of sp³-hybridized carbons (Fsp3) is 0.143. The zero-order chi connectivity index (χ0) is 21.3. The molecule has 0 atom stereocenters. The summed E-state index contributed by atoms with van der Waals surface area (Å²) in [5.41, 5.74) is 1.04. The molecule has 0 aliphatic carbocycles. The summed E-state index contributed by atoms with van der Waals surface area (Å²) in [6.45, 7) is 6.58. The van der Waals surface area contributed by atoms with Crippen molar-refractivity contribution in [1.29, 1.82) is 0 Å². The number of amidine groups is 1. The van der Waals surface area contributed by atoms with Gasteiger partial charge in [0.25, 0.3) is 15.9 Å². The van der Waals surface area contributed by atoms with Crippen molar-refractivity contribution in [3.63, 3.8) is 0 Å². The Kier molecular flexibility index (Phi) is 5.77. The first kappa shape index (κ1) is 20.8. The van der Waals surface area contributed by atoms with Crippen LogP contribution in [0.4, 0.5) is 5.69 Å². The van der Waals surface area contributed by atoms with Gasteiger partial charge in [-0.05, 0) is 43.0 Å². The number of nitrogens with zero attached hydrogens (tertiary/aromatic N) is 3. The van der Waals surface area contributed by atoms with Crippen molar-refractivity contribution in [2.45, 2.75) is 16.7 Å². The summed E-state index contributed by atoms with van der Waals surface area (Å²) in [6, 6.07) is 15.9. The number of sulfonamides is 1. The highest BCUT2D eigenvalue weighted by Crippen LogP contribution is 2.50. The minimum absolute atomic E-state index is 0.0861. The van der Waals surface area contributed by atoms with Crippen molar-refractivity contribution in [3.05, 3.63) is 77.2 Å². The number of anilines is 1. The maximum absolute atomic E-state index is 13.2. The highest BCUT2D eigenvalue weighted by Gasteiger charge is 2.40. The zero-order valence-corrected chi connectivity index (χ0v) is 18.6. The van der Waals surface area contributed by atoms with Crippen LogP contribution in [0.1, 0.15) is 6.92 Å². The number of benzene rings is 2. The first-order valence-electron chi connectivity index (χ1n) is 9.25. The van der Waals surface area contributed by atoms with E-state index in [2.05, 4.69) is 15.9 Å². The van der Waals surface area contributed by atoms with E-state index in [1.165, 1.54) is 28.8 Å². The molecule has 2 aromatic carbocycles. The molecular formula is C21H19N3O3S3. The molecule has 0 aromatic heterocycles. The summed E-state index contributed by atoms with van der Waals surface area (Å²) in [5.74, 6) is -0.268. The van der Waals surface area contributed by atoms with E-state index in [-0.39, 0.29) is 22.5 Å². The lowest BCUT2D eigenvalue weighted by Crippen LogP contribution is -2.30. The lowest BCUT2D eigenvalue weighted by Gasteiger charge is -2.19. The summed E-state index contributed by atoms with van der Waals surface area (Å²) in [4.78, 5) is 18.3. The van der Waals surface area contributed by atoms with Crippen LogP contribution in [0.5, 0.6) is 0 Å². The molecule has 30 heavy (non-hydrogen) atoms. The highest BCUT2D eigenvalue weighted by molar-refractivity contribution is 8.19. The van der Waals surface area contributed by atoms with Gasteiger partial charge in [0.15, 0.2) is 5.17 Å². The van der Waals surface area contributed by atoms with Gasteiger partial charge in [-0.1, -0.05) is 48.2 Å². The third kappa shape index (κ3) is 3.68. The number of hydrogen-bond acceptors (Lipinski definition) is 6. The Morgan fingerprint density at radius 3 is 2.43 bits per heavy atom. The van der Waals surface area contributed by atoms with E-state index in [9.17, 15) is 13.2 Å². The van der Waals surface area contributed by atoms with Crippen LogP contribution in [0.3, 0.4) is 0 Å². The highest BCUT2D eigenvalue weighted by atomic mass is 32.2. The van der Waals surface area contributed by atoms with E-state index in [0.29, 0.717) is 11.4 Å². The number of amides is 1. The molecule has 9 heteroatoms. The molecule has 2 aliphatic heterocycles. The fourth-order valence-electron chi connectivity index (χ4n) is 3.16. The molecule has 1 fully saturated rings. The maximum atomic E-state index is 13.2. The van der Waals surface area contributed by atoms with Crippen LogP contribution in [0.15, 0.2) is 91.4 Å². The Labute approximate surface area is 184 Å². The van der Waals surface area contributed by atoms with Crippen molar-refractivity contribution in [2.24, 2.45) is 4.40 Å². The molecule has 2 aliphatic rings. The summed E-state index contributed by atoms with van der Waals surface area (Å²) in [7, 11) is -3.94. The molecule has 0 bridgehead atoms. The monoisotopic (exact) mass is 457 g/mol. The third-order valence-corrected chi connectivity index (χ3v) is 8.31. The fourth-order valence-corrected chi connectivity index (χ4v) is 6.76. The topological polar surface area (TPSA) is 70.1 Å². The van der Waals surface area contributed by atoms with Crippen molar-refractivity contribution >= 4 is 50.3 Å². The number of rotatable bonds is 5. The molecule has 1 amide bonds. The second-order valence-electron chi connectivity index (χ2n) is 6.42. The molecular weight excluding hydrogens is 438 g/mol. The number of fused-ring (bicyclic) bond motifs is 1. The lowest BCUT2D eigenvalue weighted by molar-refractivity contribution is -0.121. The van der Waals surface area contributed by atoms with Crippen LogP contribution < -0.4 is 4.90 Å². The van der Waals surface area contributed by atoms with Crippen molar-refractivity contribution in [3.8, 4) is 0 Å². The Morgan fingerprint density at radius 2 is 1.73 bits per heavy atom. The van der Waals surface area contributed by atoms with E-state index in [4.69, 9.17) is 0 Å². The van der Waals surface area contributed by atoms with Crippen molar-refractivity contribution < 1.29 is 13.2 Å². The van der Waals surface area contributed by atoms with Gasteiger partial charge in [-0.3, -0.25) is 9.69 Å². The van der Waals surface area contributed by atoms with Gasteiger partial charge in [0.05, 0.1) is 10.6 Å². The Balaban J connectivity index is 1.78. The molecule has 0 radical (unpaired) electrons. The number of para-hydroxylation sites is 1. The summed E-state index contributed by atoms with van der Waals surface area (Å²) < 4.78 is 29.5. The minimum Gasteiger partial charge on any atom is -0.334 e. The Morgan fingerprint density at radius 1 is 1.03 bits per heavy atom. The van der Waals surface area contributed by atoms with E-state index < -0.39 is 10.0 Å². The quantitative estimate of drug-likeness (QED) is 0.493. The van der Waals surface area contributed by atoms with Gasteiger partial charge in [0.1, 0.15) is 9.93 Å². The van der Waals surface area contributed by atoms with Crippen LogP contribution in [0, 0.1) is 0 Å². The van der Waals surface area contributed by atoms with E-state index in [1.807, 2.05) is 31.2 Å². The van der Waals surface area contributed by atoms with Crippen LogP contribution in [-0.4, -0.2) is 37.5 Å². The molecule has 1 saturated heterocycles. The van der Waals surface area contributed by atoms with E-state index in [0.717, 1.165) is 27.4 Å². The molecule has 6 nitrogen and oxygen atoms in total. The molecule has 0 N–H and O–H groups in total. The molecule has 2 heterocycles. The second kappa shape index (κ2) is 8.33. The van der Waals surface area contributed by atoms with Crippen molar-refractivity contribution in [2.75, 3.05) is 18.0 Å². The van der Waals surface area contributed by atoms with Crippen LogP contribution >= 0.6 is 23.5 Å². The van der Waals surface area contributed by atoms with E-state index in [1.54, 1.807) is 24.3 Å². The SMILES string of the molecule is C=CCN1C(=O)/C(=C2\Sc3ccccc3N2CC)S/C1=N/S(=O)(=O)c1ccccc1. The smallest absolute Gasteiger partial charge is 0.284 e. The van der Waals surface area contributed by atoms with Gasteiger partial charge < -0.3 is 4.90 Å². The molecule has 154 valence electrons. The van der Waals surface area contributed by atoms with Gasteiger partial charge in [-0.2, -0.15) is 8.42 Å². The first-order chi connectivity index (χ1) is 14.5. The van der Waals surface area contributed by atoms with Gasteiger partial charge in [0, 0.05) is 18.0 Å². The lowest BCUT2D eigenvalue weighted by atomic mass is 10.3. The summed E-state index contributed by atoms with van der Waals surface area (Å²) in [6.07, 6.45) is 1.56. The van der Waals surface area contributed by atoms with Gasteiger partial charge >= 0.3 is 0 Å². The van der Waals surface area contributed by atoms with Crippen LogP contribution in [0.25, 0.3) is 0 Å². The van der Waals surface area contributed by atoms with Gasteiger partial charge in [0.2, 0.25) is 0 Å². The number of thioether (sulfide) groups is 2. The van der Waals surface area contributed by atoms with Crippen molar-refractivity contribution in [1.82, 2.24) is 4.90 Å². The number of carbonyl (C=O) groups excluding carboxylic acids is 1. The minimum atomic E-state index is -3.94. The normalized spacial score (nSPS) is 20.2. The average Bonchev–Trinajstić information content (AvgIpc) is 3.26. The molecule has 0 unspecified atom stereocenters. The Bertz CT molecular complexity index is 1170. The maximum Gasteiger partial charge on any atom is 0.284 e. The molecule has 0 saturated carbocycles.